The first-order valence-corrected chi connectivity index (χ1v) is 9.18. The summed E-state index contributed by atoms with van der Waals surface area (Å²) in [6.45, 7) is 2.02. The molecule has 1 heterocycles. The Hall–Kier alpha value is -2.32. The second-order valence-electron chi connectivity index (χ2n) is 5.91. The zero-order valence-corrected chi connectivity index (χ0v) is 14.3. The van der Waals surface area contributed by atoms with Gasteiger partial charge in [0.1, 0.15) is 5.69 Å². The Labute approximate surface area is 144 Å². The van der Waals surface area contributed by atoms with E-state index in [0.717, 1.165) is 18.4 Å². The molecule has 0 aliphatic heterocycles. The van der Waals surface area contributed by atoms with Gasteiger partial charge >= 0.3 is 0 Å². The van der Waals surface area contributed by atoms with E-state index in [0.29, 0.717) is 11.4 Å². The van der Waals surface area contributed by atoms with Crippen LogP contribution in [-0.2, 0) is 10.0 Å². The van der Waals surface area contributed by atoms with Crippen LogP contribution in [0.2, 0.25) is 0 Å². The number of hydrogen-bond donors (Lipinski definition) is 1. The summed E-state index contributed by atoms with van der Waals surface area (Å²) in [4.78, 5) is -0.0468. The molecule has 1 aromatic carbocycles. The number of allylic oxidation sites excluding steroid dienone is 4. The van der Waals surface area contributed by atoms with Gasteiger partial charge in [0.05, 0.1) is 16.3 Å². The van der Waals surface area contributed by atoms with E-state index in [4.69, 9.17) is 5.14 Å². The normalized spacial score (nSPS) is 15.2. The van der Waals surface area contributed by atoms with Crippen LogP contribution in [-0.4, -0.2) is 18.2 Å². The Morgan fingerprint density at radius 2 is 1.84 bits per heavy atom. The smallest absolute Gasteiger partial charge is 0.233 e. The minimum Gasteiger partial charge on any atom is -0.233 e. The van der Waals surface area contributed by atoms with Crippen LogP contribution in [0.5, 0.6) is 0 Å². The molecule has 0 unspecified atom stereocenters. The van der Waals surface area contributed by atoms with E-state index >= 15 is 0 Å². The Bertz CT molecular complexity index is 958. The van der Waals surface area contributed by atoms with Gasteiger partial charge in [-0.25, -0.2) is 27.0 Å². The average molecular weight is 365 g/mol. The summed E-state index contributed by atoms with van der Waals surface area (Å²) < 4.78 is 50.4. The van der Waals surface area contributed by atoms with Crippen LogP contribution in [0.4, 0.5) is 8.78 Å². The summed E-state index contributed by atoms with van der Waals surface area (Å²) >= 11 is 0. The molecule has 2 aromatic rings. The van der Waals surface area contributed by atoms with E-state index in [1.165, 1.54) is 40.6 Å². The summed E-state index contributed by atoms with van der Waals surface area (Å²) in [6, 6.07) is 7.03. The maximum atomic E-state index is 13.1. The molecule has 1 aliphatic rings. The number of sulfonamides is 1. The summed E-state index contributed by atoms with van der Waals surface area (Å²) in [5.41, 5.74) is 2.86. The fourth-order valence-electron chi connectivity index (χ4n) is 2.66. The molecular formula is C17H17F2N3O2S. The number of nitrogens with zero attached hydrogens (tertiary/aromatic N) is 2. The zero-order chi connectivity index (χ0) is 18.2. The Morgan fingerprint density at radius 3 is 2.36 bits per heavy atom. The van der Waals surface area contributed by atoms with Crippen molar-refractivity contribution in [3.8, 4) is 5.69 Å². The number of benzene rings is 1. The second kappa shape index (κ2) is 6.53. The van der Waals surface area contributed by atoms with Crippen LogP contribution in [0.15, 0.2) is 53.0 Å². The number of aromatic nitrogens is 2. The number of halogens is 2. The van der Waals surface area contributed by atoms with Gasteiger partial charge in [-0.3, -0.25) is 0 Å². The summed E-state index contributed by atoms with van der Waals surface area (Å²) in [7, 11) is -3.82. The van der Waals surface area contributed by atoms with Crippen LogP contribution in [0, 0.1) is 0 Å². The molecule has 1 aromatic heterocycles. The van der Waals surface area contributed by atoms with Crippen LogP contribution in [0.3, 0.4) is 0 Å². The van der Waals surface area contributed by atoms with Gasteiger partial charge in [-0.1, -0.05) is 17.7 Å². The Morgan fingerprint density at radius 1 is 1.16 bits per heavy atom. The molecule has 25 heavy (non-hydrogen) atoms. The maximum Gasteiger partial charge on any atom is 0.282 e. The van der Waals surface area contributed by atoms with Crippen molar-refractivity contribution in [2.24, 2.45) is 5.14 Å². The lowest BCUT2D eigenvalue weighted by atomic mass is 9.97. The number of primary sulfonamides is 1. The highest BCUT2D eigenvalue weighted by atomic mass is 32.2. The van der Waals surface area contributed by atoms with Gasteiger partial charge in [-0.15, -0.1) is 0 Å². The first kappa shape index (κ1) is 17.5. The van der Waals surface area contributed by atoms with Crippen molar-refractivity contribution in [1.82, 2.24) is 9.78 Å². The monoisotopic (exact) mass is 365 g/mol. The van der Waals surface area contributed by atoms with E-state index in [1.807, 2.05) is 19.1 Å². The predicted octanol–water partition coefficient (Wildman–Crippen LogP) is 3.58. The van der Waals surface area contributed by atoms with Crippen LogP contribution in [0.25, 0.3) is 11.3 Å². The lowest BCUT2D eigenvalue weighted by Gasteiger charge is -2.14. The number of hydrogen-bond acceptors (Lipinski definition) is 3. The van der Waals surface area contributed by atoms with Gasteiger partial charge in [0.25, 0.3) is 6.43 Å². The van der Waals surface area contributed by atoms with Crippen molar-refractivity contribution in [1.29, 1.82) is 0 Å². The molecule has 0 saturated heterocycles. The number of alkyl halides is 2. The van der Waals surface area contributed by atoms with Crippen molar-refractivity contribution in [3.63, 3.8) is 0 Å². The standard InChI is InChI=1S/C17H17F2N3O2S/c1-11-2-4-12(5-3-11)16-10-15(17(18)19)21-22(16)13-6-8-14(9-7-13)25(20,23)24/h2,4,6-10,17H,3,5H2,1H3,(H2,20,23,24). The van der Waals surface area contributed by atoms with Crippen molar-refractivity contribution in [2.45, 2.75) is 31.1 Å². The topological polar surface area (TPSA) is 78.0 Å². The van der Waals surface area contributed by atoms with Crippen molar-refractivity contribution in [3.05, 3.63) is 59.4 Å². The largest absolute Gasteiger partial charge is 0.282 e. The van der Waals surface area contributed by atoms with Crippen LogP contribution < -0.4 is 5.14 Å². The third-order valence-corrected chi connectivity index (χ3v) is 4.98. The minimum absolute atomic E-state index is 0.0468. The van der Waals surface area contributed by atoms with Gasteiger partial charge in [-0.2, -0.15) is 5.10 Å². The molecule has 0 amide bonds. The highest BCUT2D eigenvalue weighted by Gasteiger charge is 2.20. The molecule has 3 rings (SSSR count). The lowest BCUT2D eigenvalue weighted by Crippen LogP contribution is -2.12. The third-order valence-electron chi connectivity index (χ3n) is 4.05. The van der Waals surface area contributed by atoms with Gasteiger partial charge in [0.2, 0.25) is 10.0 Å². The molecular weight excluding hydrogens is 348 g/mol. The van der Waals surface area contributed by atoms with E-state index in [2.05, 4.69) is 5.10 Å². The van der Waals surface area contributed by atoms with E-state index < -0.39 is 16.4 Å². The van der Waals surface area contributed by atoms with Crippen molar-refractivity contribution < 1.29 is 17.2 Å². The molecule has 0 spiro atoms. The van der Waals surface area contributed by atoms with Gasteiger partial charge in [-0.05, 0) is 55.7 Å². The van der Waals surface area contributed by atoms with E-state index in [9.17, 15) is 17.2 Å². The first-order chi connectivity index (χ1) is 11.8. The fraction of sp³-hybridized carbons (Fsp3) is 0.235. The average Bonchev–Trinajstić information content (AvgIpc) is 3.00. The lowest BCUT2D eigenvalue weighted by molar-refractivity contribution is 0.145. The quantitative estimate of drug-likeness (QED) is 0.899. The van der Waals surface area contributed by atoms with Crippen LogP contribution >= 0.6 is 0 Å². The highest BCUT2D eigenvalue weighted by Crippen LogP contribution is 2.31. The third kappa shape index (κ3) is 3.69. The Kier molecular flexibility index (Phi) is 4.57. The summed E-state index contributed by atoms with van der Waals surface area (Å²) in [5.74, 6) is 0. The second-order valence-corrected chi connectivity index (χ2v) is 7.47. The zero-order valence-electron chi connectivity index (χ0n) is 13.5. The van der Waals surface area contributed by atoms with Crippen LogP contribution in [0.1, 0.15) is 37.6 Å². The van der Waals surface area contributed by atoms with Gasteiger partial charge < -0.3 is 0 Å². The number of rotatable bonds is 4. The highest BCUT2D eigenvalue weighted by molar-refractivity contribution is 7.89. The first-order valence-electron chi connectivity index (χ1n) is 7.64. The minimum atomic E-state index is -3.82. The SMILES string of the molecule is CC1=CC=C(c2cc(C(F)F)nn2-c2ccc(S(N)(=O)=O)cc2)CC1. The predicted molar refractivity (Wildman–Crippen MR) is 90.9 cm³/mol. The molecule has 132 valence electrons. The molecule has 0 bridgehead atoms. The Balaban J connectivity index is 2.09. The molecule has 0 radical (unpaired) electrons. The summed E-state index contributed by atoms with van der Waals surface area (Å²) in [5, 5.41) is 9.07. The molecule has 1 aliphatic carbocycles. The molecule has 0 saturated carbocycles. The van der Waals surface area contributed by atoms with Crippen molar-refractivity contribution in [2.75, 3.05) is 0 Å². The van der Waals surface area contributed by atoms with E-state index in [-0.39, 0.29) is 10.6 Å². The van der Waals surface area contributed by atoms with E-state index in [1.54, 1.807) is 0 Å². The molecule has 5 nitrogen and oxygen atoms in total. The van der Waals surface area contributed by atoms with Gasteiger partial charge in [0, 0.05) is 0 Å². The summed E-state index contributed by atoms with van der Waals surface area (Å²) in [6.07, 6.45) is 2.75. The maximum absolute atomic E-state index is 13.1. The van der Waals surface area contributed by atoms with Crippen molar-refractivity contribution >= 4 is 15.6 Å². The fourth-order valence-corrected chi connectivity index (χ4v) is 3.18. The molecule has 2 N–H and O–H groups in total. The molecule has 0 fully saturated rings. The van der Waals surface area contributed by atoms with Gasteiger partial charge in [0.15, 0.2) is 0 Å². The number of nitrogens with two attached hydrogens (primary N) is 1. The molecule has 8 heteroatoms. The molecule has 0 atom stereocenters.